The first-order valence-corrected chi connectivity index (χ1v) is 11.2. The predicted octanol–water partition coefficient (Wildman–Crippen LogP) is 6.15. The molecule has 0 amide bonds. The topological polar surface area (TPSA) is 84.6 Å². The van der Waals surface area contributed by atoms with Crippen LogP contribution in [0.5, 0.6) is 5.75 Å². The average molecular weight is 500 g/mol. The standard InChI is InChI=1S/C26H20F4N2O4/c27-16-4-6-17(7-5-16)32-19-2-1-3-20(33)23(19)22(24(32)14-8-10-36-11-9-14)15-12-18(25(34)35)31-21(13-15)26(28,29)30/h1-7,12-14,33H,8-11H2,(H,34,35). The maximum Gasteiger partial charge on any atom is 0.433 e. The molecule has 0 radical (unpaired) electrons. The van der Waals surface area contributed by atoms with Crippen LogP contribution in [0.4, 0.5) is 17.6 Å². The van der Waals surface area contributed by atoms with Gasteiger partial charge >= 0.3 is 12.1 Å². The van der Waals surface area contributed by atoms with E-state index in [9.17, 15) is 32.6 Å². The summed E-state index contributed by atoms with van der Waals surface area (Å²) in [7, 11) is 0. The van der Waals surface area contributed by atoms with Gasteiger partial charge in [-0.25, -0.2) is 14.2 Å². The fourth-order valence-corrected chi connectivity index (χ4v) is 4.79. The van der Waals surface area contributed by atoms with Crippen molar-refractivity contribution in [2.24, 2.45) is 0 Å². The van der Waals surface area contributed by atoms with Gasteiger partial charge in [0.2, 0.25) is 0 Å². The largest absolute Gasteiger partial charge is 0.507 e. The predicted molar refractivity (Wildman–Crippen MR) is 123 cm³/mol. The van der Waals surface area contributed by atoms with Crippen LogP contribution in [0.1, 0.15) is 40.6 Å². The quantitative estimate of drug-likeness (QED) is 0.329. The summed E-state index contributed by atoms with van der Waals surface area (Å²) in [4.78, 5) is 15.0. The summed E-state index contributed by atoms with van der Waals surface area (Å²) < 4.78 is 62.2. The van der Waals surface area contributed by atoms with Gasteiger partial charge in [-0.15, -0.1) is 0 Å². The lowest BCUT2D eigenvalue weighted by Crippen LogP contribution is -2.18. The van der Waals surface area contributed by atoms with Gasteiger partial charge in [0.1, 0.15) is 23.0 Å². The number of benzene rings is 2. The van der Waals surface area contributed by atoms with E-state index in [4.69, 9.17) is 4.74 Å². The smallest absolute Gasteiger partial charge is 0.433 e. The van der Waals surface area contributed by atoms with Crippen molar-refractivity contribution in [3.05, 3.63) is 77.5 Å². The molecule has 3 heterocycles. The number of carboxylic acid groups (broad SMARTS) is 1. The third kappa shape index (κ3) is 4.17. The second-order valence-electron chi connectivity index (χ2n) is 8.56. The van der Waals surface area contributed by atoms with E-state index in [0.29, 0.717) is 43.0 Å². The lowest BCUT2D eigenvalue weighted by atomic mass is 9.89. The van der Waals surface area contributed by atoms with Crippen LogP contribution in [0, 0.1) is 5.82 Å². The zero-order valence-corrected chi connectivity index (χ0v) is 18.7. The number of ether oxygens (including phenoxy) is 1. The number of aromatic hydroxyl groups is 1. The molecule has 36 heavy (non-hydrogen) atoms. The second kappa shape index (κ2) is 8.94. The summed E-state index contributed by atoms with van der Waals surface area (Å²) in [6, 6.07) is 12.2. The van der Waals surface area contributed by atoms with Crippen molar-refractivity contribution in [1.29, 1.82) is 0 Å². The number of aromatic carboxylic acids is 1. The Morgan fingerprint density at radius 3 is 2.39 bits per heavy atom. The minimum Gasteiger partial charge on any atom is -0.507 e. The molecule has 1 aliphatic rings. The van der Waals surface area contributed by atoms with E-state index >= 15 is 0 Å². The molecule has 0 aliphatic carbocycles. The Morgan fingerprint density at radius 1 is 1.06 bits per heavy atom. The van der Waals surface area contributed by atoms with E-state index in [1.807, 2.05) is 0 Å². The van der Waals surface area contributed by atoms with Crippen molar-refractivity contribution in [3.8, 4) is 22.6 Å². The van der Waals surface area contributed by atoms with E-state index in [-0.39, 0.29) is 28.2 Å². The molecule has 0 spiro atoms. The molecular formula is C26H20F4N2O4. The number of rotatable bonds is 4. The van der Waals surface area contributed by atoms with E-state index in [2.05, 4.69) is 4.98 Å². The van der Waals surface area contributed by atoms with Gasteiger partial charge in [-0.3, -0.25) is 0 Å². The first-order valence-electron chi connectivity index (χ1n) is 11.2. The number of carbonyl (C=O) groups is 1. The van der Waals surface area contributed by atoms with E-state index < -0.39 is 29.4 Å². The van der Waals surface area contributed by atoms with Crippen LogP contribution in [0.15, 0.2) is 54.6 Å². The van der Waals surface area contributed by atoms with Crippen LogP contribution in [-0.2, 0) is 10.9 Å². The lowest BCUT2D eigenvalue weighted by Gasteiger charge is -2.26. The molecular weight excluding hydrogens is 480 g/mol. The van der Waals surface area contributed by atoms with Crippen molar-refractivity contribution < 1.29 is 37.3 Å². The normalized spacial score (nSPS) is 14.9. The minimum atomic E-state index is -4.89. The Hall–Kier alpha value is -3.92. The molecule has 0 atom stereocenters. The molecule has 186 valence electrons. The van der Waals surface area contributed by atoms with Gasteiger partial charge in [0.15, 0.2) is 0 Å². The van der Waals surface area contributed by atoms with E-state index in [0.717, 1.165) is 12.1 Å². The van der Waals surface area contributed by atoms with E-state index in [1.54, 1.807) is 28.8 Å². The number of phenols is 1. The first-order chi connectivity index (χ1) is 17.1. The third-order valence-corrected chi connectivity index (χ3v) is 6.32. The van der Waals surface area contributed by atoms with Crippen molar-refractivity contribution in [1.82, 2.24) is 9.55 Å². The van der Waals surface area contributed by atoms with Crippen LogP contribution >= 0.6 is 0 Å². The van der Waals surface area contributed by atoms with Crippen LogP contribution in [-0.4, -0.2) is 38.9 Å². The zero-order valence-electron chi connectivity index (χ0n) is 18.7. The van der Waals surface area contributed by atoms with Gasteiger partial charge in [0.25, 0.3) is 0 Å². The molecule has 5 rings (SSSR count). The SMILES string of the molecule is O=C(O)c1cc(-c2c(C3CCOCC3)n(-c3ccc(F)cc3)c3cccc(O)c23)cc(C(F)(F)F)n1. The molecule has 1 aliphatic heterocycles. The van der Waals surface area contributed by atoms with Gasteiger partial charge in [0.05, 0.1) is 5.52 Å². The molecule has 1 saturated heterocycles. The molecule has 6 nitrogen and oxygen atoms in total. The second-order valence-corrected chi connectivity index (χ2v) is 8.56. The third-order valence-electron chi connectivity index (χ3n) is 6.32. The minimum absolute atomic E-state index is 0.0384. The number of hydrogen-bond donors (Lipinski definition) is 2. The highest BCUT2D eigenvalue weighted by Crippen LogP contribution is 2.47. The highest BCUT2D eigenvalue weighted by atomic mass is 19.4. The van der Waals surface area contributed by atoms with Gasteiger partial charge in [-0.05, 0) is 66.9 Å². The van der Waals surface area contributed by atoms with Crippen LogP contribution in [0.2, 0.25) is 0 Å². The van der Waals surface area contributed by atoms with Gasteiger partial charge in [0, 0.05) is 41.5 Å². The van der Waals surface area contributed by atoms with Crippen LogP contribution in [0.3, 0.4) is 0 Å². The van der Waals surface area contributed by atoms with Crippen LogP contribution < -0.4 is 0 Å². The van der Waals surface area contributed by atoms with Crippen molar-refractivity contribution in [2.45, 2.75) is 24.9 Å². The Bertz CT molecular complexity index is 1460. The van der Waals surface area contributed by atoms with Crippen molar-refractivity contribution in [3.63, 3.8) is 0 Å². The fraction of sp³-hybridized carbons (Fsp3) is 0.231. The fourth-order valence-electron chi connectivity index (χ4n) is 4.79. The zero-order chi connectivity index (χ0) is 25.6. The number of nitrogens with zero attached hydrogens (tertiary/aromatic N) is 2. The number of alkyl halides is 3. The number of fused-ring (bicyclic) bond motifs is 1. The number of halogens is 4. The summed E-state index contributed by atoms with van der Waals surface area (Å²) in [6.07, 6.45) is -3.79. The number of phenolic OH excluding ortho intramolecular Hbond substituents is 1. The monoisotopic (exact) mass is 500 g/mol. The molecule has 2 aromatic carbocycles. The molecule has 0 bridgehead atoms. The summed E-state index contributed by atoms with van der Waals surface area (Å²) in [6.45, 7) is 0.844. The summed E-state index contributed by atoms with van der Waals surface area (Å²) >= 11 is 0. The highest BCUT2D eigenvalue weighted by molar-refractivity contribution is 6.04. The molecule has 2 aromatic heterocycles. The van der Waals surface area contributed by atoms with Crippen molar-refractivity contribution >= 4 is 16.9 Å². The highest BCUT2D eigenvalue weighted by Gasteiger charge is 2.36. The molecule has 1 fully saturated rings. The van der Waals surface area contributed by atoms with Crippen molar-refractivity contribution in [2.75, 3.05) is 13.2 Å². The maximum atomic E-state index is 13.7. The summed E-state index contributed by atoms with van der Waals surface area (Å²) in [5.41, 5.74) is -0.275. The lowest BCUT2D eigenvalue weighted by molar-refractivity contribution is -0.141. The number of aromatic nitrogens is 2. The Labute approximate surface area is 202 Å². The Balaban J connectivity index is 1.92. The molecule has 0 saturated carbocycles. The van der Waals surface area contributed by atoms with E-state index in [1.165, 1.54) is 18.2 Å². The van der Waals surface area contributed by atoms with Gasteiger partial charge < -0.3 is 19.5 Å². The summed E-state index contributed by atoms with van der Waals surface area (Å²) in [5, 5.41) is 20.7. The number of hydrogen-bond acceptors (Lipinski definition) is 4. The first kappa shape index (κ1) is 23.8. The Morgan fingerprint density at radius 2 is 1.75 bits per heavy atom. The Kier molecular flexibility index (Phi) is 5.91. The molecule has 2 N–H and O–H groups in total. The maximum absolute atomic E-state index is 13.7. The van der Waals surface area contributed by atoms with Crippen LogP contribution in [0.25, 0.3) is 27.7 Å². The molecule has 0 unspecified atom stereocenters. The molecule has 10 heteroatoms. The number of pyridine rings is 1. The molecule has 4 aromatic rings. The summed E-state index contributed by atoms with van der Waals surface area (Å²) in [5.74, 6) is -2.44. The average Bonchev–Trinajstić information content (AvgIpc) is 3.21. The number of carboxylic acids is 1. The van der Waals surface area contributed by atoms with Gasteiger partial charge in [-0.2, -0.15) is 13.2 Å². The van der Waals surface area contributed by atoms with Gasteiger partial charge in [-0.1, -0.05) is 6.07 Å².